The monoisotopic (exact) mass is 239 g/mol. The van der Waals surface area contributed by atoms with Crippen molar-refractivity contribution < 1.29 is 4.79 Å². The molecule has 0 bridgehead atoms. The van der Waals surface area contributed by atoms with E-state index in [2.05, 4.69) is 29.9 Å². The summed E-state index contributed by atoms with van der Waals surface area (Å²) in [5.74, 6) is 0.207. The Bertz CT molecular complexity index is 319. The molecule has 0 fully saturated rings. The van der Waals surface area contributed by atoms with Crippen LogP contribution in [-0.4, -0.2) is 12.5 Å². The third kappa shape index (κ3) is 3.49. The van der Waals surface area contributed by atoms with E-state index in [9.17, 15) is 4.79 Å². The Morgan fingerprint density at radius 1 is 1.44 bits per heavy atom. The second-order valence-electron chi connectivity index (χ2n) is 3.07. The van der Waals surface area contributed by atoms with Crippen LogP contribution in [0.5, 0.6) is 0 Å². The van der Waals surface area contributed by atoms with Gasteiger partial charge in [0, 0.05) is 11.4 Å². The summed E-state index contributed by atoms with van der Waals surface area (Å²) in [6.45, 7) is 12.8. The molecule has 1 aliphatic heterocycles. The van der Waals surface area contributed by atoms with Gasteiger partial charge in [-0.1, -0.05) is 13.8 Å². The van der Waals surface area contributed by atoms with E-state index in [4.69, 9.17) is 0 Å². The van der Waals surface area contributed by atoms with Crippen LogP contribution in [0.15, 0.2) is 24.6 Å². The summed E-state index contributed by atoms with van der Waals surface area (Å²) < 4.78 is 0. The number of nitrogens with one attached hydrogen (secondary N) is 1. The molecule has 0 radical (unpaired) electrons. The maximum Gasteiger partial charge on any atom is 0.228 e. The number of rotatable bonds is 0. The van der Waals surface area contributed by atoms with Gasteiger partial charge in [-0.2, -0.15) is 0 Å². The average Bonchev–Trinajstić information content (AvgIpc) is 2.77. The zero-order valence-corrected chi connectivity index (χ0v) is 11.2. The zero-order valence-electron chi connectivity index (χ0n) is 10.4. The molecule has 16 heavy (non-hydrogen) atoms. The van der Waals surface area contributed by atoms with Crippen molar-refractivity contribution in [1.82, 2.24) is 5.32 Å². The minimum atomic E-state index is 0.0440. The van der Waals surface area contributed by atoms with Crippen molar-refractivity contribution in [3.8, 4) is 0 Å². The first-order chi connectivity index (χ1) is 7.79. The first-order valence-electron chi connectivity index (χ1n) is 5.63. The Kier molecular flexibility index (Phi) is 7.56. The van der Waals surface area contributed by atoms with Gasteiger partial charge in [0.1, 0.15) is 0 Å². The van der Waals surface area contributed by atoms with E-state index in [-0.39, 0.29) is 11.8 Å². The molecule has 1 aromatic rings. The molecule has 1 atom stereocenters. The molecule has 0 spiro atoms. The lowest BCUT2D eigenvalue weighted by Crippen LogP contribution is -2.26. The van der Waals surface area contributed by atoms with E-state index < -0.39 is 0 Å². The Morgan fingerprint density at radius 2 is 2.06 bits per heavy atom. The molecule has 0 aliphatic carbocycles. The van der Waals surface area contributed by atoms with Gasteiger partial charge < -0.3 is 5.32 Å². The van der Waals surface area contributed by atoms with Gasteiger partial charge in [0.15, 0.2) is 0 Å². The molecule has 0 saturated carbocycles. The summed E-state index contributed by atoms with van der Waals surface area (Å²) in [5.41, 5.74) is 1.34. The maximum absolute atomic E-state index is 11.4. The van der Waals surface area contributed by atoms with Gasteiger partial charge in [-0.05, 0) is 30.4 Å². The number of carbonyl (C=O) groups is 1. The Hall–Kier alpha value is -1.09. The van der Waals surface area contributed by atoms with Crippen LogP contribution in [0.2, 0.25) is 0 Å². The first-order valence-corrected chi connectivity index (χ1v) is 6.51. The summed E-state index contributed by atoms with van der Waals surface area (Å²) in [5, 5.41) is 4.96. The number of hydrogen-bond acceptors (Lipinski definition) is 2. The Morgan fingerprint density at radius 3 is 2.69 bits per heavy atom. The normalized spacial score (nSPS) is 17.7. The standard InChI is InChI=1S/C9H11NOS.C2H6.C2H4/c1-6-8-7(3-5-12-8)2-4-10-9(6)11;2*1-2/h3,5-6H,2,4H2,1H3,(H,10,11);1-2H3;1-2H2. The summed E-state index contributed by atoms with van der Waals surface area (Å²) >= 11 is 1.69. The van der Waals surface area contributed by atoms with Crippen molar-refractivity contribution in [2.45, 2.75) is 33.1 Å². The van der Waals surface area contributed by atoms with E-state index in [0.29, 0.717) is 0 Å². The van der Waals surface area contributed by atoms with E-state index in [1.54, 1.807) is 11.3 Å². The molecular weight excluding hydrogens is 218 g/mol. The van der Waals surface area contributed by atoms with Crippen LogP contribution in [0, 0.1) is 0 Å². The van der Waals surface area contributed by atoms with Crippen LogP contribution in [0.25, 0.3) is 0 Å². The van der Waals surface area contributed by atoms with Crippen molar-refractivity contribution in [3.63, 3.8) is 0 Å². The Balaban J connectivity index is 0.000000509. The van der Waals surface area contributed by atoms with Crippen LogP contribution in [-0.2, 0) is 11.2 Å². The molecule has 1 unspecified atom stereocenters. The molecule has 1 amide bonds. The molecule has 2 heterocycles. The molecule has 2 rings (SSSR count). The van der Waals surface area contributed by atoms with Gasteiger partial charge in [-0.15, -0.1) is 24.5 Å². The summed E-state index contributed by atoms with van der Waals surface area (Å²) in [4.78, 5) is 12.6. The fraction of sp³-hybridized carbons (Fsp3) is 0.462. The van der Waals surface area contributed by atoms with Gasteiger partial charge in [0.05, 0.1) is 5.92 Å². The van der Waals surface area contributed by atoms with Crippen LogP contribution in [0.3, 0.4) is 0 Å². The highest BCUT2D eigenvalue weighted by atomic mass is 32.1. The molecule has 0 aromatic carbocycles. The van der Waals surface area contributed by atoms with Crippen molar-refractivity contribution in [1.29, 1.82) is 0 Å². The maximum atomic E-state index is 11.4. The smallest absolute Gasteiger partial charge is 0.228 e. The summed E-state index contributed by atoms with van der Waals surface area (Å²) in [6, 6.07) is 2.12. The third-order valence-corrected chi connectivity index (χ3v) is 3.40. The van der Waals surface area contributed by atoms with Gasteiger partial charge in [0.25, 0.3) is 0 Å². The number of thiophene rings is 1. The highest BCUT2D eigenvalue weighted by Crippen LogP contribution is 2.27. The van der Waals surface area contributed by atoms with E-state index >= 15 is 0 Å². The highest BCUT2D eigenvalue weighted by Gasteiger charge is 2.22. The fourth-order valence-electron chi connectivity index (χ4n) is 1.53. The minimum absolute atomic E-state index is 0.0440. The lowest BCUT2D eigenvalue weighted by molar-refractivity contribution is -0.121. The minimum Gasteiger partial charge on any atom is -0.355 e. The number of fused-ring (bicyclic) bond motifs is 1. The molecule has 90 valence electrons. The van der Waals surface area contributed by atoms with E-state index in [1.807, 2.05) is 20.8 Å². The van der Waals surface area contributed by atoms with Crippen LogP contribution in [0.1, 0.15) is 37.1 Å². The van der Waals surface area contributed by atoms with Crippen LogP contribution in [0.4, 0.5) is 0 Å². The lowest BCUT2D eigenvalue weighted by atomic mass is 10.1. The van der Waals surface area contributed by atoms with Gasteiger partial charge in [0.2, 0.25) is 5.91 Å². The van der Waals surface area contributed by atoms with Crippen molar-refractivity contribution in [3.05, 3.63) is 35.0 Å². The molecule has 1 N–H and O–H groups in total. The summed E-state index contributed by atoms with van der Waals surface area (Å²) in [7, 11) is 0. The molecule has 1 aromatic heterocycles. The van der Waals surface area contributed by atoms with Crippen LogP contribution < -0.4 is 5.32 Å². The SMILES string of the molecule is C=C.CC.CC1C(=O)NCCc2ccsc21. The fourth-order valence-corrected chi connectivity index (χ4v) is 2.54. The predicted octanol–water partition coefficient (Wildman–Crippen LogP) is 3.35. The number of carbonyl (C=O) groups excluding carboxylic acids is 1. The quantitative estimate of drug-likeness (QED) is 0.691. The highest BCUT2D eigenvalue weighted by molar-refractivity contribution is 7.10. The predicted molar refractivity (Wildman–Crippen MR) is 72.0 cm³/mol. The Labute approximate surface area is 102 Å². The van der Waals surface area contributed by atoms with Crippen molar-refractivity contribution in [2.75, 3.05) is 6.54 Å². The number of amides is 1. The summed E-state index contributed by atoms with van der Waals surface area (Å²) in [6.07, 6.45) is 0.981. The van der Waals surface area contributed by atoms with Crippen molar-refractivity contribution >= 4 is 17.2 Å². The average molecular weight is 239 g/mol. The molecule has 1 aliphatic rings. The third-order valence-electron chi connectivity index (χ3n) is 2.26. The number of hydrogen-bond donors (Lipinski definition) is 1. The largest absolute Gasteiger partial charge is 0.355 e. The second kappa shape index (κ2) is 8.11. The molecule has 3 heteroatoms. The zero-order chi connectivity index (χ0) is 12.6. The topological polar surface area (TPSA) is 29.1 Å². The van der Waals surface area contributed by atoms with Gasteiger partial charge in [-0.25, -0.2) is 0 Å². The van der Waals surface area contributed by atoms with Crippen LogP contribution >= 0.6 is 11.3 Å². The molecular formula is C13H21NOS. The van der Waals surface area contributed by atoms with E-state index in [0.717, 1.165) is 13.0 Å². The lowest BCUT2D eigenvalue weighted by Gasteiger charge is -2.05. The second-order valence-corrected chi connectivity index (χ2v) is 4.02. The van der Waals surface area contributed by atoms with Gasteiger partial charge >= 0.3 is 0 Å². The molecule has 0 saturated heterocycles. The first kappa shape index (κ1) is 14.9. The van der Waals surface area contributed by atoms with E-state index in [1.165, 1.54) is 10.4 Å². The molecule has 2 nitrogen and oxygen atoms in total. The van der Waals surface area contributed by atoms with Crippen molar-refractivity contribution in [2.24, 2.45) is 0 Å². The van der Waals surface area contributed by atoms with Gasteiger partial charge in [-0.3, -0.25) is 4.79 Å².